The van der Waals surface area contributed by atoms with Gasteiger partial charge in [-0.2, -0.15) is 0 Å². The second-order valence-corrected chi connectivity index (χ2v) is 4.92. The van der Waals surface area contributed by atoms with Crippen LogP contribution in [-0.2, 0) is 16.0 Å². The number of carbonyl (C=O) groups is 2. The Morgan fingerprint density at radius 2 is 1.96 bits per heavy atom. The molecule has 2 rings (SSSR count). The van der Waals surface area contributed by atoms with Crippen LogP contribution in [0.2, 0.25) is 0 Å². The fourth-order valence-electron chi connectivity index (χ4n) is 1.69. The molecule has 1 saturated carbocycles. The lowest BCUT2D eigenvalue weighted by Gasteiger charge is -2.30. The van der Waals surface area contributed by atoms with E-state index in [9.17, 15) is 14.7 Å². The van der Waals surface area contributed by atoms with Crippen LogP contribution in [0.4, 0.5) is 0 Å². The third-order valence-corrected chi connectivity index (χ3v) is 2.92. The Morgan fingerprint density at radius 3 is 2.48 bits per heavy atom. The summed E-state index contributed by atoms with van der Waals surface area (Å²) in [5.41, 5.74) is -0.589. The van der Waals surface area contributed by atoms with E-state index in [4.69, 9.17) is 21.9 Å². The molecule has 0 aliphatic heterocycles. The van der Waals surface area contributed by atoms with Gasteiger partial charge >= 0.3 is 5.97 Å². The molecule has 1 fully saturated rings. The molecule has 23 heavy (non-hydrogen) atoms. The van der Waals surface area contributed by atoms with Gasteiger partial charge < -0.3 is 10.4 Å². The van der Waals surface area contributed by atoms with Gasteiger partial charge in [0.25, 0.3) is 0 Å². The first kappa shape index (κ1) is 5.91. The molecule has 1 aromatic rings. The van der Waals surface area contributed by atoms with Crippen molar-refractivity contribution >= 4 is 11.9 Å². The Labute approximate surface area is 160 Å². The molecule has 0 saturated heterocycles. The van der Waals surface area contributed by atoms with Crippen LogP contribution in [0.3, 0.4) is 0 Å². The van der Waals surface area contributed by atoms with Gasteiger partial charge in [0, 0.05) is 27.4 Å². The highest BCUT2D eigenvalue weighted by atomic mass is 16.4. The standard InChI is InChI=1S/C19H27NO3/c1-13(2)15-8-10-16(11-9-15)18(21)20-17(19(22)23)12-14-6-4-3-5-7-14/h3-7,13,15-17H,8-12H2,1-2H3,(H,20,21)(H,22,23)/t15?,16?,17-/m1/s1/i3D,4D,5D,6D,7D,8D2,9D2,10D2,11D2,13D,15D,16D. The van der Waals surface area contributed by atoms with Crippen molar-refractivity contribution in [1.29, 1.82) is 0 Å². The lowest BCUT2D eigenvalue weighted by Crippen LogP contribution is -2.45. The quantitative estimate of drug-likeness (QED) is 0.840. The number of carboxylic acid groups (broad SMARTS) is 1. The molecule has 0 spiro atoms. The Morgan fingerprint density at radius 1 is 1.35 bits per heavy atom. The van der Waals surface area contributed by atoms with E-state index in [1.54, 1.807) is 5.32 Å². The molecule has 1 atom stereocenters. The highest BCUT2D eigenvalue weighted by molar-refractivity contribution is 5.85. The topological polar surface area (TPSA) is 66.4 Å². The number of hydrogen-bond acceptors (Lipinski definition) is 2. The molecule has 0 radical (unpaired) electrons. The molecule has 0 heterocycles. The first-order valence-corrected chi connectivity index (χ1v) is 6.72. The summed E-state index contributed by atoms with van der Waals surface area (Å²) in [5.74, 6) is -14.2. The summed E-state index contributed by atoms with van der Waals surface area (Å²) in [7, 11) is 0. The lowest BCUT2D eigenvalue weighted by molar-refractivity contribution is -0.142. The van der Waals surface area contributed by atoms with E-state index in [2.05, 4.69) is 0 Å². The lowest BCUT2D eigenvalue weighted by atomic mass is 9.76. The highest BCUT2D eigenvalue weighted by Crippen LogP contribution is 2.33. The summed E-state index contributed by atoms with van der Waals surface area (Å²) in [6.07, 6.45) is -16.9. The summed E-state index contributed by atoms with van der Waals surface area (Å²) in [6, 6.07) is -6.36. The summed E-state index contributed by atoms with van der Waals surface area (Å²) in [6.45, 7) is 1.69. The van der Waals surface area contributed by atoms with E-state index in [1.807, 2.05) is 0 Å². The first-order valence-electron chi connectivity index (χ1n) is 14.7. The van der Waals surface area contributed by atoms with Gasteiger partial charge in [-0.1, -0.05) is 44.1 Å². The fraction of sp³-hybridized carbons (Fsp3) is 0.579. The maximum absolute atomic E-state index is 13.4. The van der Waals surface area contributed by atoms with Crippen molar-refractivity contribution in [3.8, 4) is 0 Å². The van der Waals surface area contributed by atoms with Gasteiger partial charge in [0.1, 0.15) is 6.04 Å². The zero-order valence-electron chi connectivity index (χ0n) is 28.5. The molecule has 1 aromatic carbocycles. The minimum absolute atomic E-state index is 0.589. The molecule has 2 N–H and O–H groups in total. The Balaban J connectivity index is 2.73. The van der Waals surface area contributed by atoms with Crippen LogP contribution in [0, 0.1) is 17.7 Å². The number of aliphatic carboxylic acids is 1. The van der Waals surface area contributed by atoms with Crippen molar-refractivity contribution in [2.45, 2.75) is 51.8 Å². The molecule has 1 amide bonds. The van der Waals surface area contributed by atoms with Gasteiger partial charge in [0.15, 0.2) is 0 Å². The van der Waals surface area contributed by atoms with Gasteiger partial charge in [-0.15, -0.1) is 0 Å². The molecule has 0 aromatic heterocycles. The number of carbonyl (C=O) groups excluding carboxylic acids is 1. The summed E-state index contributed by atoms with van der Waals surface area (Å²) < 4.78 is 131. The Hall–Kier alpha value is -1.84. The SMILES string of the molecule is [2H]c1c([2H])c([2H])c(C[C@@H](NC(=O)C2([2H])C([2H])([2H])C([2H])([2H])C([2H])(C([2H])(C)C)C([2H])([2H])C2([2H])[2H])C(=O)O)c([2H])c1[2H]. The molecule has 0 unspecified atom stereocenters. The number of hydrogen-bond donors (Lipinski definition) is 2. The predicted molar refractivity (Wildman–Crippen MR) is 90.0 cm³/mol. The second kappa shape index (κ2) is 8.14. The van der Waals surface area contributed by atoms with E-state index >= 15 is 0 Å². The summed E-state index contributed by atoms with van der Waals surface area (Å²) in [4.78, 5) is 25.3. The second-order valence-electron chi connectivity index (χ2n) is 4.92. The largest absolute Gasteiger partial charge is 0.480 e. The maximum atomic E-state index is 13.4. The van der Waals surface area contributed by atoms with Crippen LogP contribution in [0.1, 0.15) is 66.8 Å². The van der Waals surface area contributed by atoms with Crippen LogP contribution in [-0.4, -0.2) is 23.0 Å². The minimum Gasteiger partial charge on any atom is -0.480 e. The van der Waals surface area contributed by atoms with E-state index < -0.39 is 103 Å². The third kappa shape index (κ3) is 5.08. The van der Waals surface area contributed by atoms with Crippen LogP contribution in [0.5, 0.6) is 0 Å². The number of nitrogens with one attached hydrogen (secondary N) is 1. The average molecular weight is 334 g/mol. The summed E-state index contributed by atoms with van der Waals surface area (Å²) in [5, 5.41) is 11.3. The molecule has 4 heteroatoms. The number of rotatable bonds is 6. The van der Waals surface area contributed by atoms with Crippen LogP contribution in [0.25, 0.3) is 0 Å². The highest BCUT2D eigenvalue weighted by Gasteiger charge is 2.30. The number of amides is 1. The van der Waals surface area contributed by atoms with E-state index in [1.165, 1.54) is 0 Å². The fourth-order valence-corrected chi connectivity index (χ4v) is 1.69. The van der Waals surface area contributed by atoms with Gasteiger partial charge in [0.05, 0.1) is 6.85 Å². The molecule has 0 bridgehead atoms. The van der Waals surface area contributed by atoms with Crippen molar-refractivity contribution in [3.63, 3.8) is 0 Å². The monoisotopic (exact) mass is 333 g/mol. The molecule has 1 aliphatic rings. The maximum Gasteiger partial charge on any atom is 0.326 e. The van der Waals surface area contributed by atoms with Gasteiger partial charge in [-0.05, 0) is 42.8 Å². The smallest absolute Gasteiger partial charge is 0.326 e. The number of benzene rings is 1. The van der Waals surface area contributed by atoms with E-state index in [0.29, 0.717) is 0 Å². The molecule has 4 nitrogen and oxygen atoms in total. The Kier molecular flexibility index (Phi) is 2.09. The van der Waals surface area contributed by atoms with Gasteiger partial charge in [-0.25, -0.2) is 4.79 Å². The van der Waals surface area contributed by atoms with Gasteiger partial charge in [-0.3, -0.25) is 4.79 Å². The normalized spacial score (nSPS) is 48.3. The van der Waals surface area contributed by atoms with Crippen LogP contribution < -0.4 is 5.32 Å². The van der Waals surface area contributed by atoms with Crippen molar-refractivity contribution in [1.82, 2.24) is 5.32 Å². The van der Waals surface area contributed by atoms with E-state index in [-0.39, 0.29) is 0 Å². The zero-order valence-corrected chi connectivity index (χ0v) is 12.5. The van der Waals surface area contributed by atoms with Crippen molar-refractivity contribution < 1.29 is 36.6 Å². The molecular weight excluding hydrogens is 290 g/mol. The van der Waals surface area contributed by atoms with Crippen molar-refractivity contribution in [2.24, 2.45) is 17.7 Å². The predicted octanol–water partition coefficient (Wildman–Crippen LogP) is 3.26. The van der Waals surface area contributed by atoms with Crippen molar-refractivity contribution in [2.75, 3.05) is 0 Å². The van der Waals surface area contributed by atoms with Gasteiger partial charge in [0.2, 0.25) is 5.91 Å². The van der Waals surface area contributed by atoms with Crippen LogP contribution >= 0.6 is 0 Å². The first-order chi connectivity index (χ1) is 17.1. The molecule has 126 valence electrons. The summed E-state index contributed by atoms with van der Waals surface area (Å²) >= 11 is 0. The van der Waals surface area contributed by atoms with Crippen molar-refractivity contribution in [3.05, 3.63) is 35.8 Å². The Bertz CT molecular complexity index is 1150. The van der Waals surface area contributed by atoms with Crippen LogP contribution in [0.15, 0.2) is 30.2 Å². The van der Waals surface area contributed by atoms with E-state index in [0.717, 1.165) is 13.8 Å². The number of carboxylic acids is 1. The minimum atomic E-state index is -4.09. The molecular formula is C19H27NO3. The zero-order chi connectivity index (χ0) is 31.1. The average Bonchev–Trinajstić information content (AvgIpc) is 2.79. The molecule has 1 aliphatic carbocycles. The third-order valence-electron chi connectivity index (χ3n) is 2.92.